The van der Waals surface area contributed by atoms with Crippen LogP contribution in [0.5, 0.6) is 0 Å². The summed E-state index contributed by atoms with van der Waals surface area (Å²) in [5.74, 6) is 1.34. The Hall–Kier alpha value is -1.80. The summed E-state index contributed by atoms with van der Waals surface area (Å²) in [7, 11) is -2.07. The number of nitrogens with one attached hydrogen (secondary N) is 1. The van der Waals surface area contributed by atoms with E-state index in [1.807, 2.05) is 0 Å². The second-order valence-electron chi connectivity index (χ2n) is 4.64. The van der Waals surface area contributed by atoms with Crippen LogP contribution in [0.25, 0.3) is 11.2 Å². The molecule has 1 aliphatic rings. The van der Waals surface area contributed by atoms with Gasteiger partial charge in [0.05, 0.1) is 12.4 Å². The van der Waals surface area contributed by atoms with E-state index < -0.39 is 13.9 Å². The molecule has 5 N–H and O–H groups in total. The molecule has 2 atom stereocenters. The lowest BCUT2D eigenvalue weighted by atomic mass is 10.2. The van der Waals surface area contributed by atoms with Crippen molar-refractivity contribution in [2.24, 2.45) is 0 Å². The van der Waals surface area contributed by atoms with Crippen LogP contribution in [0, 0.1) is 0 Å². The Bertz CT molecular complexity index is 740. The normalized spacial score (nSPS) is 22.8. The van der Waals surface area contributed by atoms with Crippen LogP contribution in [-0.2, 0) is 4.74 Å². The van der Waals surface area contributed by atoms with Gasteiger partial charge in [-0.3, -0.25) is 14.3 Å². The smallest absolute Gasteiger partial charge is 0.280 e. The first-order valence-electron chi connectivity index (χ1n) is 6.27. The maximum absolute atomic E-state index is 11.7. The van der Waals surface area contributed by atoms with E-state index in [1.54, 1.807) is 10.6 Å². The molecule has 0 radical (unpaired) electrons. The van der Waals surface area contributed by atoms with Crippen molar-refractivity contribution >= 4 is 25.5 Å². The van der Waals surface area contributed by atoms with Gasteiger partial charge in [0.15, 0.2) is 19.5 Å². The minimum absolute atomic E-state index is 0.0231. The number of aromatic nitrogens is 4. The lowest BCUT2D eigenvalue weighted by Gasteiger charge is -2.13. The van der Waals surface area contributed by atoms with Crippen LogP contribution in [0.4, 0.5) is 5.95 Å². The first kappa shape index (κ1) is 14.2. The van der Waals surface area contributed by atoms with Gasteiger partial charge in [0, 0.05) is 0 Å². The van der Waals surface area contributed by atoms with Crippen LogP contribution in [-0.4, -0.2) is 35.4 Å². The number of aromatic amines is 1. The summed E-state index contributed by atoms with van der Waals surface area (Å²) in [6.07, 6.45) is 4.01. The summed E-state index contributed by atoms with van der Waals surface area (Å²) in [5, 5.41) is 0. The average molecular weight is 311 g/mol. The zero-order valence-electron chi connectivity index (χ0n) is 10.9. The van der Waals surface area contributed by atoms with Crippen LogP contribution in [0.2, 0.25) is 0 Å². The van der Waals surface area contributed by atoms with E-state index >= 15 is 0 Å². The van der Waals surface area contributed by atoms with Gasteiger partial charge in [0.1, 0.15) is 6.23 Å². The molecule has 0 aliphatic carbocycles. The minimum Gasteiger partial charge on any atom is -0.369 e. The molecular weight excluding hydrogens is 297 g/mol. The molecule has 0 spiro atoms. The van der Waals surface area contributed by atoms with Gasteiger partial charge in [0.2, 0.25) is 5.95 Å². The molecular formula is C11H14N5O4P. The van der Waals surface area contributed by atoms with Crippen molar-refractivity contribution in [3.8, 4) is 0 Å². The van der Waals surface area contributed by atoms with Gasteiger partial charge in [-0.15, -0.1) is 0 Å². The molecule has 0 bridgehead atoms. The molecule has 10 heteroatoms. The Labute approximate surface area is 120 Å². The second-order valence-corrected chi connectivity index (χ2v) is 5.58. The van der Waals surface area contributed by atoms with Crippen LogP contribution >= 0.6 is 8.38 Å². The predicted molar refractivity (Wildman–Crippen MR) is 76.2 cm³/mol. The van der Waals surface area contributed by atoms with E-state index in [0.29, 0.717) is 12.1 Å². The highest BCUT2D eigenvalue weighted by molar-refractivity contribution is 7.48. The summed E-state index contributed by atoms with van der Waals surface area (Å²) < 4.78 is 7.44. The molecule has 0 saturated carbocycles. The van der Waals surface area contributed by atoms with Crippen molar-refractivity contribution in [2.75, 3.05) is 5.73 Å². The molecule has 1 fully saturated rings. The second kappa shape index (κ2) is 5.53. The lowest BCUT2D eigenvalue weighted by Crippen LogP contribution is -2.14. The molecule has 0 aromatic carbocycles. The molecule has 112 valence electrons. The zero-order valence-corrected chi connectivity index (χ0v) is 11.8. The Balaban J connectivity index is 1.87. The van der Waals surface area contributed by atoms with Crippen LogP contribution in [0.15, 0.2) is 23.0 Å². The number of rotatable bonds is 3. The molecule has 1 saturated heterocycles. The van der Waals surface area contributed by atoms with E-state index in [0.717, 1.165) is 6.42 Å². The maximum atomic E-state index is 11.7. The topological polar surface area (TPSA) is 139 Å². The van der Waals surface area contributed by atoms with Gasteiger partial charge < -0.3 is 20.3 Å². The molecule has 2 unspecified atom stereocenters. The minimum atomic E-state index is -2.07. The van der Waals surface area contributed by atoms with Crippen LogP contribution in [0.1, 0.15) is 19.1 Å². The monoisotopic (exact) mass is 311 g/mol. The lowest BCUT2D eigenvalue weighted by molar-refractivity contribution is 0.0259. The first-order chi connectivity index (χ1) is 10.0. The maximum Gasteiger partial charge on any atom is 0.280 e. The van der Waals surface area contributed by atoms with Crippen molar-refractivity contribution in [2.45, 2.75) is 25.2 Å². The molecule has 2 aromatic rings. The molecule has 3 rings (SSSR count). The SMILES string of the molecule is Nc1nc2c(ncn2C2CCC(/C=C/P(O)O)O2)c(=O)[nH]1. The number of fused-ring (bicyclic) bond motifs is 1. The average Bonchev–Trinajstić information content (AvgIpc) is 3.02. The number of nitrogens with zero attached hydrogens (tertiary/aromatic N) is 3. The summed E-state index contributed by atoms with van der Waals surface area (Å²) >= 11 is 0. The van der Waals surface area contributed by atoms with Crippen LogP contribution in [0.3, 0.4) is 0 Å². The third-order valence-corrected chi connectivity index (χ3v) is 3.66. The summed E-state index contributed by atoms with van der Waals surface area (Å²) in [4.78, 5) is 40.0. The number of nitrogen functional groups attached to an aromatic ring is 1. The molecule has 3 heterocycles. The van der Waals surface area contributed by atoms with E-state index in [4.69, 9.17) is 20.3 Å². The molecule has 1 aliphatic heterocycles. The Kier molecular flexibility index (Phi) is 3.73. The van der Waals surface area contributed by atoms with Gasteiger partial charge >= 0.3 is 0 Å². The highest BCUT2D eigenvalue weighted by Gasteiger charge is 2.27. The fraction of sp³-hybridized carbons (Fsp3) is 0.364. The van der Waals surface area contributed by atoms with E-state index in [-0.39, 0.29) is 23.8 Å². The van der Waals surface area contributed by atoms with Crippen molar-refractivity contribution in [3.63, 3.8) is 0 Å². The number of hydrogen-bond acceptors (Lipinski definition) is 7. The van der Waals surface area contributed by atoms with Gasteiger partial charge in [0.25, 0.3) is 5.56 Å². The molecule has 9 nitrogen and oxygen atoms in total. The number of hydrogen-bond donors (Lipinski definition) is 4. The highest BCUT2D eigenvalue weighted by atomic mass is 31.2. The Morgan fingerprint density at radius 3 is 3.10 bits per heavy atom. The Morgan fingerprint density at radius 1 is 1.52 bits per heavy atom. The van der Waals surface area contributed by atoms with E-state index in [1.165, 1.54) is 12.1 Å². The molecule has 0 amide bonds. The third kappa shape index (κ3) is 2.81. The van der Waals surface area contributed by atoms with Crippen molar-refractivity contribution in [1.82, 2.24) is 19.5 Å². The highest BCUT2D eigenvalue weighted by Crippen LogP contribution is 2.32. The number of ether oxygens (including phenoxy) is 1. The Morgan fingerprint density at radius 2 is 2.33 bits per heavy atom. The predicted octanol–water partition coefficient (Wildman–Crippen LogP) is 0.190. The summed E-state index contributed by atoms with van der Waals surface area (Å²) in [6, 6.07) is 0. The standard InChI is InChI=1S/C11H14N5O4P/c12-11-14-9-8(10(17)15-11)13-5-16(9)7-2-1-6(20-7)3-4-21(18)19/h3-7,18-19H,1-2H2,(H3,12,14,15,17)/b4-3+. The number of H-pyrrole nitrogens is 1. The van der Waals surface area contributed by atoms with Gasteiger partial charge in [-0.2, -0.15) is 4.98 Å². The summed E-state index contributed by atoms with van der Waals surface area (Å²) in [6.45, 7) is 0. The summed E-state index contributed by atoms with van der Waals surface area (Å²) in [5.41, 5.74) is 5.74. The number of nitrogens with two attached hydrogens (primary N) is 1. The van der Waals surface area contributed by atoms with Crippen LogP contribution < -0.4 is 11.3 Å². The van der Waals surface area contributed by atoms with Gasteiger partial charge in [-0.25, -0.2) is 4.98 Å². The fourth-order valence-electron chi connectivity index (χ4n) is 2.32. The third-order valence-electron chi connectivity index (χ3n) is 3.22. The first-order valence-corrected chi connectivity index (χ1v) is 7.59. The largest absolute Gasteiger partial charge is 0.369 e. The van der Waals surface area contributed by atoms with E-state index in [9.17, 15) is 4.79 Å². The van der Waals surface area contributed by atoms with Crippen molar-refractivity contribution in [1.29, 1.82) is 0 Å². The van der Waals surface area contributed by atoms with Gasteiger partial charge in [-0.05, 0) is 18.7 Å². The quantitative estimate of drug-likeness (QED) is 0.593. The molecule has 2 aromatic heterocycles. The number of anilines is 1. The zero-order chi connectivity index (χ0) is 15.0. The number of imidazole rings is 1. The van der Waals surface area contributed by atoms with Crippen molar-refractivity contribution < 1.29 is 14.5 Å². The molecule has 21 heavy (non-hydrogen) atoms. The van der Waals surface area contributed by atoms with Crippen molar-refractivity contribution in [3.05, 3.63) is 28.6 Å². The van der Waals surface area contributed by atoms with E-state index in [2.05, 4.69) is 15.0 Å². The van der Waals surface area contributed by atoms with Gasteiger partial charge in [-0.1, -0.05) is 6.08 Å². The fourth-order valence-corrected chi connectivity index (χ4v) is 2.66.